The minimum atomic E-state index is -4.40. The first-order valence-corrected chi connectivity index (χ1v) is 11.0. The van der Waals surface area contributed by atoms with Gasteiger partial charge in [0.25, 0.3) is 0 Å². The molecule has 3 heterocycles. The van der Waals surface area contributed by atoms with Gasteiger partial charge >= 0.3 is 6.18 Å². The van der Waals surface area contributed by atoms with Crippen molar-refractivity contribution in [2.75, 3.05) is 37.5 Å². The number of anilines is 2. The van der Waals surface area contributed by atoms with E-state index in [-0.39, 0.29) is 12.2 Å². The van der Waals surface area contributed by atoms with Crippen molar-refractivity contribution in [1.82, 2.24) is 15.2 Å². The lowest BCUT2D eigenvalue weighted by Gasteiger charge is -2.22. The van der Waals surface area contributed by atoms with Gasteiger partial charge in [-0.3, -0.25) is 0 Å². The van der Waals surface area contributed by atoms with Crippen molar-refractivity contribution >= 4 is 22.4 Å². The van der Waals surface area contributed by atoms with Crippen molar-refractivity contribution in [3.63, 3.8) is 0 Å². The van der Waals surface area contributed by atoms with Gasteiger partial charge < -0.3 is 19.7 Å². The van der Waals surface area contributed by atoms with Crippen LogP contribution in [0.25, 0.3) is 10.9 Å². The van der Waals surface area contributed by atoms with E-state index in [2.05, 4.69) is 20.4 Å². The van der Waals surface area contributed by atoms with Gasteiger partial charge in [-0.25, -0.2) is 4.98 Å². The number of fused-ring (bicyclic) bond motifs is 1. The van der Waals surface area contributed by atoms with Crippen LogP contribution >= 0.6 is 0 Å². The van der Waals surface area contributed by atoms with Crippen LogP contribution in [0.15, 0.2) is 30.3 Å². The number of aromatic nitrogens is 3. The van der Waals surface area contributed by atoms with Gasteiger partial charge in [0.1, 0.15) is 12.2 Å². The summed E-state index contributed by atoms with van der Waals surface area (Å²) in [7, 11) is 3.34. The number of halogens is 3. The molecule has 0 bridgehead atoms. The molecule has 182 valence electrons. The molecule has 1 aromatic carbocycles. The molecule has 0 amide bonds. The molecular formula is C24H28F3N5O2. The van der Waals surface area contributed by atoms with Crippen molar-refractivity contribution in [3.05, 3.63) is 52.8 Å². The fourth-order valence-electron chi connectivity index (χ4n) is 4.37. The number of ether oxygens (including phenoxy) is 2. The molecule has 1 aliphatic heterocycles. The molecule has 7 nitrogen and oxygen atoms in total. The maximum atomic E-state index is 13.2. The Morgan fingerprint density at radius 1 is 1.03 bits per heavy atom. The first-order chi connectivity index (χ1) is 16.1. The highest BCUT2D eigenvalue weighted by Gasteiger charge is 2.34. The average molecular weight is 476 g/mol. The van der Waals surface area contributed by atoms with E-state index in [1.54, 1.807) is 27.2 Å². The molecule has 1 N–H and O–H groups in total. The smallest absolute Gasteiger partial charge is 0.377 e. The highest BCUT2D eigenvalue weighted by Crippen LogP contribution is 2.34. The minimum Gasteiger partial charge on any atom is -0.377 e. The Hall–Kier alpha value is -2.98. The highest BCUT2D eigenvalue weighted by atomic mass is 19.4. The van der Waals surface area contributed by atoms with Crippen molar-refractivity contribution in [2.45, 2.75) is 45.2 Å². The van der Waals surface area contributed by atoms with Crippen LogP contribution in [-0.2, 0) is 15.7 Å². The summed E-state index contributed by atoms with van der Waals surface area (Å²) in [5.74, 6) is 0.463. The third kappa shape index (κ3) is 4.65. The number of rotatable bonds is 6. The second kappa shape index (κ2) is 9.34. The number of alkyl halides is 3. The number of pyridine rings is 1. The second-order valence-electron chi connectivity index (χ2n) is 8.57. The Bertz CT molecular complexity index is 1180. The molecule has 3 atom stereocenters. The Kier molecular flexibility index (Phi) is 6.64. The number of benzene rings is 1. The van der Waals surface area contributed by atoms with Crippen LogP contribution in [0.5, 0.6) is 0 Å². The zero-order valence-electron chi connectivity index (χ0n) is 19.8. The lowest BCUT2D eigenvalue weighted by Crippen LogP contribution is -2.27. The highest BCUT2D eigenvalue weighted by molar-refractivity contribution is 5.93. The molecule has 0 saturated carbocycles. The van der Waals surface area contributed by atoms with Crippen LogP contribution in [-0.4, -0.2) is 54.7 Å². The van der Waals surface area contributed by atoms with Crippen molar-refractivity contribution in [2.24, 2.45) is 0 Å². The number of aryl methyl sites for hydroxylation is 2. The van der Waals surface area contributed by atoms with E-state index in [0.717, 1.165) is 28.9 Å². The molecule has 1 saturated heterocycles. The van der Waals surface area contributed by atoms with Gasteiger partial charge in [0, 0.05) is 32.7 Å². The predicted octanol–water partition coefficient (Wildman–Crippen LogP) is 4.68. The summed E-state index contributed by atoms with van der Waals surface area (Å²) >= 11 is 0. The lowest BCUT2D eigenvalue weighted by atomic mass is 10.0. The minimum absolute atomic E-state index is 0.0593. The van der Waals surface area contributed by atoms with Crippen LogP contribution in [0.4, 0.5) is 24.7 Å². The third-order valence-electron chi connectivity index (χ3n) is 6.31. The van der Waals surface area contributed by atoms with Crippen molar-refractivity contribution in [3.8, 4) is 0 Å². The molecule has 2 aromatic heterocycles. The van der Waals surface area contributed by atoms with Crippen LogP contribution in [0, 0.1) is 13.8 Å². The summed E-state index contributed by atoms with van der Waals surface area (Å²) < 4.78 is 50.7. The summed E-state index contributed by atoms with van der Waals surface area (Å²) in [5, 5.41) is 12.5. The topological polar surface area (TPSA) is 72.4 Å². The van der Waals surface area contributed by atoms with Gasteiger partial charge in [0.15, 0.2) is 5.82 Å². The summed E-state index contributed by atoms with van der Waals surface area (Å²) in [4.78, 5) is 6.96. The molecule has 10 heteroatoms. The van der Waals surface area contributed by atoms with E-state index >= 15 is 0 Å². The number of hydrogen-bond donors (Lipinski definition) is 1. The molecular weight excluding hydrogens is 447 g/mol. The van der Waals surface area contributed by atoms with Crippen molar-refractivity contribution < 1.29 is 22.6 Å². The maximum Gasteiger partial charge on any atom is 0.416 e. The van der Waals surface area contributed by atoms with Gasteiger partial charge in [-0.05, 0) is 44.5 Å². The summed E-state index contributed by atoms with van der Waals surface area (Å²) in [6.45, 7) is 6.88. The average Bonchev–Trinajstić information content (AvgIpc) is 3.23. The molecule has 0 aliphatic carbocycles. The first kappa shape index (κ1) is 24.2. The van der Waals surface area contributed by atoms with Crippen LogP contribution in [0.1, 0.15) is 35.5 Å². The fourth-order valence-corrected chi connectivity index (χ4v) is 4.37. The normalized spacial score (nSPS) is 19.6. The first-order valence-electron chi connectivity index (χ1n) is 11.0. The summed E-state index contributed by atoms with van der Waals surface area (Å²) in [6.07, 6.45) is -4.52. The maximum absolute atomic E-state index is 13.2. The summed E-state index contributed by atoms with van der Waals surface area (Å²) in [5.41, 5.74) is 2.94. The van der Waals surface area contributed by atoms with Crippen LogP contribution in [0.2, 0.25) is 0 Å². The Morgan fingerprint density at radius 2 is 1.71 bits per heavy atom. The molecule has 0 spiro atoms. The Labute approximate surface area is 196 Å². The van der Waals surface area contributed by atoms with E-state index in [9.17, 15) is 13.2 Å². The molecule has 1 aliphatic rings. The third-order valence-corrected chi connectivity index (χ3v) is 6.31. The molecule has 1 fully saturated rings. The van der Waals surface area contributed by atoms with E-state index in [1.807, 2.05) is 19.9 Å². The number of methoxy groups -OCH3 is 2. The second-order valence-corrected chi connectivity index (χ2v) is 8.57. The predicted molar refractivity (Wildman–Crippen MR) is 124 cm³/mol. The van der Waals surface area contributed by atoms with Crippen molar-refractivity contribution in [1.29, 1.82) is 0 Å². The SMILES string of the molecule is CO[C@H]1CN(c2cc3c(N[C@H](C)c4cccc(C(F)(F)F)c4)nnc(C)c3nc2C)C[C@H]1OC. The Morgan fingerprint density at radius 3 is 2.32 bits per heavy atom. The zero-order valence-corrected chi connectivity index (χ0v) is 19.8. The monoisotopic (exact) mass is 475 g/mol. The number of nitrogens with one attached hydrogen (secondary N) is 1. The summed E-state index contributed by atoms with van der Waals surface area (Å²) in [6, 6.07) is 6.84. The van der Waals surface area contributed by atoms with E-state index in [1.165, 1.54) is 6.07 Å². The van der Waals surface area contributed by atoms with E-state index in [0.29, 0.717) is 35.7 Å². The molecule has 34 heavy (non-hydrogen) atoms. The van der Waals surface area contributed by atoms with E-state index in [4.69, 9.17) is 14.5 Å². The fraction of sp³-hybridized carbons (Fsp3) is 0.458. The lowest BCUT2D eigenvalue weighted by molar-refractivity contribution is -0.137. The molecule has 3 aromatic rings. The van der Waals surface area contributed by atoms with Gasteiger partial charge in [0.2, 0.25) is 0 Å². The molecule has 0 radical (unpaired) electrons. The number of nitrogens with zero attached hydrogens (tertiary/aromatic N) is 4. The van der Waals surface area contributed by atoms with E-state index < -0.39 is 17.8 Å². The Balaban J connectivity index is 1.70. The largest absolute Gasteiger partial charge is 0.416 e. The van der Waals surface area contributed by atoms with Gasteiger partial charge in [-0.2, -0.15) is 18.3 Å². The van der Waals surface area contributed by atoms with Gasteiger partial charge in [-0.15, -0.1) is 5.10 Å². The standard InChI is InChI=1S/C24H28F3N5O2/c1-13(16-7-6-8-17(9-16)24(25,26)27)29-23-18-10-19(14(2)28-22(18)15(3)30-31-23)32-11-20(33-4)21(12-32)34-5/h6-10,13,20-21H,11-12H2,1-5H3,(H,29,31)/t13-,20-,21+/m1/s1. The molecule has 4 rings (SSSR count). The quantitative estimate of drug-likeness (QED) is 0.555. The molecule has 0 unspecified atom stereocenters. The van der Waals surface area contributed by atoms with Gasteiger partial charge in [0.05, 0.1) is 34.2 Å². The van der Waals surface area contributed by atoms with Crippen LogP contribution < -0.4 is 10.2 Å². The zero-order chi connectivity index (χ0) is 24.6. The number of hydrogen-bond acceptors (Lipinski definition) is 7. The van der Waals surface area contributed by atoms with Gasteiger partial charge in [-0.1, -0.05) is 12.1 Å². The van der Waals surface area contributed by atoms with Crippen LogP contribution in [0.3, 0.4) is 0 Å².